The molecule has 3 atom stereocenters. The molecule has 0 spiro atoms. The zero-order chi connectivity index (χ0) is 30.5. The summed E-state index contributed by atoms with van der Waals surface area (Å²) in [6, 6.07) is 5.25. The van der Waals surface area contributed by atoms with Crippen molar-refractivity contribution in [1.29, 1.82) is 0 Å². The molecular weight excluding hydrogens is 560 g/mol. The third-order valence-corrected chi connectivity index (χ3v) is 6.98. The summed E-state index contributed by atoms with van der Waals surface area (Å²) in [7, 11) is 0. The molecule has 1 saturated carbocycles. The predicted molar refractivity (Wildman–Crippen MR) is 148 cm³/mol. The van der Waals surface area contributed by atoms with Crippen molar-refractivity contribution in [1.82, 2.24) is 14.7 Å². The molecule has 15 heteroatoms. The molecule has 0 radical (unpaired) electrons. The van der Waals surface area contributed by atoms with Gasteiger partial charge in [-0.2, -0.15) is 4.99 Å². The lowest BCUT2D eigenvalue weighted by molar-refractivity contribution is -0.146. The first-order valence-corrected chi connectivity index (χ1v) is 13.3. The van der Waals surface area contributed by atoms with Gasteiger partial charge in [-0.1, -0.05) is 18.6 Å². The van der Waals surface area contributed by atoms with Crippen LogP contribution in [0.2, 0.25) is 0 Å². The van der Waals surface area contributed by atoms with Crippen molar-refractivity contribution in [2.75, 3.05) is 39.3 Å². The second-order valence-electron chi connectivity index (χ2n) is 9.91. The zero-order valence-electron chi connectivity index (χ0n) is 22.3. The Hall–Kier alpha value is -3.75. The highest BCUT2D eigenvalue weighted by Gasteiger charge is 2.35. The van der Waals surface area contributed by atoms with Crippen molar-refractivity contribution in [3.63, 3.8) is 0 Å². The first kappa shape index (κ1) is 33.5. The highest BCUT2D eigenvalue weighted by molar-refractivity contribution is 7.78. The number of rotatable bonds is 18. The van der Waals surface area contributed by atoms with E-state index in [-0.39, 0.29) is 13.0 Å². The Morgan fingerprint density at radius 1 is 0.780 bits per heavy atom. The maximum absolute atomic E-state index is 11.9. The van der Waals surface area contributed by atoms with Gasteiger partial charge in [0.1, 0.15) is 0 Å². The molecule has 0 amide bonds. The highest BCUT2D eigenvalue weighted by Crippen LogP contribution is 2.28. The molecule has 2 rings (SSSR count). The summed E-state index contributed by atoms with van der Waals surface area (Å²) in [6.45, 7) is -2.59. The summed E-state index contributed by atoms with van der Waals surface area (Å²) in [5.41, 5.74) is 1.27. The number of aliphatic imine (C=N–C) groups is 1. The van der Waals surface area contributed by atoms with Crippen molar-refractivity contribution in [3.05, 3.63) is 29.8 Å². The van der Waals surface area contributed by atoms with Gasteiger partial charge in [-0.15, -0.1) is 0 Å². The highest BCUT2D eigenvalue weighted by atomic mass is 32.1. The normalized spacial score (nSPS) is 17.6. The molecule has 0 heterocycles. The van der Waals surface area contributed by atoms with E-state index in [4.69, 9.17) is 0 Å². The van der Waals surface area contributed by atoms with Gasteiger partial charge >= 0.3 is 29.8 Å². The standard InChI is InChI=1S/C26H34N4O10S/c31-22(32)11-28(19-2-1-3-20(9-19)29(12-23(33)34)13-24(35)36)10-21(30(14-25(37)38)15-26(39)40)8-17-4-6-18(7-5-17)27-16-41/h4-7,19-21H,1-3,8-15H2,(H,31,32)(H,33,34)(H,35,36)(H,37,38)(H,39,40)/t19-,20-,21?/m1/s1. The van der Waals surface area contributed by atoms with Crippen LogP contribution < -0.4 is 0 Å². The fourth-order valence-corrected chi connectivity index (χ4v) is 5.36. The van der Waals surface area contributed by atoms with Crippen LogP contribution >= 0.6 is 12.2 Å². The van der Waals surface area contributed by atoms with E-state index >= 15 is 0 Å². The molecular formula is C26H34N4O10S. The van der Waals surface area contributed by atoms with E-state index in [2.05, 4.69) is 22.4 Å². The minimum Gasteiger partial charge on any atom is -0.480 e. The number of carboxylic acids is 5. The number of hydrogen-bond donors (Lipinski definition) is 5. The molecule has 5 N–H and O–H groups in total. The fourth-order valence-electron chi connectivity index (χ4n) is 5.25. The molecule has 41 heavy (non-hydrogen) atoms. The summed E-state index contributed by atoms with van der Waals surface area (Å²) in [5.74, 6) is -6.01. The van der Waals surface area contributed by atoms with Crippen molar-refractivity contribution in [3.8, 4) is 0 Å². The topological polar surface area (TPSA) is 209 Å². The third kappa shape index (κ3) is 12.1. The SMILES string of the molecule is O=C(O)CN(CC(=O)O)C(Cc1ccc(N=C=S)cc1)CN(CC(=O)O)[C@@H]1CCC[C@@H](N(CC(=O)O)CC(=O)O)C1. The molecule has 0 bridgehead atoms. The van der Waals surface area contributed by atoms with E-state index < -0.39 is 80.7 Å². The Kier molecular flexibility index (Phi) is 13.5. The Morgan fingerprint density at radius 3 is 1.71 bits per heavy atom. The summed E-state index contributed by atoms with van der Waals surface area (Å²) < 4.78 is 0. The van der Waals surface area contributed by atoms with E-state index in [0.717, 1.165) is 5.56 Å². The van der Waals surface area contributed by atoms with E-state index in [1.165, 1.54) is 9.80 Å². The van der Waals surface area contributed by atoms with E-state index in [1.807, 2.05) is 0 Å². The van der Waals surface area contributed by atoms with Crippen LogP contribution in [0.4, 0.5) is 5.69 Å². The van der Waals surface area contributed by atoms with E-state index in [1.54, 1.807) is 29.2 Å². The fraction of sp³-hybridized carbons (Fsp3) is 0.538. The van der Waals surface area contributed by atoms with Gasteiger partial charge < -0.3 is 25.5 Å². The average molecular weight is 595 g/mol. The van der Waals surface area contributed by atoms with Crippen LogP contribution in [0.5, 0.6) is 0 Å². The van der Waals surface area contributed by atoms with Crippen LogP contribution in [-0.2, 0) is 30.4 Å². The van der Waals surface area contributed by atoms with Gasteiger partial charge in [0.15, 0.2) is 0 Å². The second kappa shape index (κ2) is 16.5. The maximum Gasteiger partial charge on any atom is 0.317 e. The van der Waals surface area contributed by atoms with Gasteiger partial charge in [-0.25, -0.2) is 0 Å². The average Bonchev–Trinajstić information content (AvgIpc) is 2.87. The molecule has 0 saturated heterocycles. The molecule has 0 aliphatic heterocycles. The molecule has 0 aromatic heterocycles. The van der Waals surface area contributed by atoms with Crippen LogP contribution in [0.25, 0.3) is 0 Å². The predicted octanol–water partition coefficient (Wildman–Crippen LogP) is 0.972. The Labute approximate surface area is 241 Å². The first-order chi connectivity index (χ1) is 19.4. The summed E-state index contributed by atoms with van der Waals surface area (Å²) in [5, 5.41) is 49.6. The quantitative estimate of drug-likeness (QED) is 0.119. The maximum atomic E-state index is 11.9. The van der Waals surface area contributed by atoms with E-state index in [9.17, 15) is 49.5 Å². The van der Waals surface area contributed by atoms with Gasteiger partial charge in [0.25, 0.3) is 0 Å². The van der Waals surface area contributed by atoms with Crippen LogP contribution in [0, 0.1) is 0 Å². The molecule has 1 aliphatic rings. The third-order valence-electron chi connectivity index (χ3n) is 6.89. The molecule has 1 aromatic rings. The number of nitrogens with zero attached hydrogens (tertiary/aromatic N) is 4. The molecule has 14 nitrogen and oxygen atoms in total. The van der Waals surface area contributed by atoms with Gasteiger partial charge in [-0.3, -0.25) is 38.7 Å². The molecule has 1 aromatic carbocycles. The van der Waals surface area contributed by atoms with E-state index in [0.29, 0.717) is 31.4 Å². The number of hydrogen-bond acceptors (Lipinski definition) is 10. The Morgan fingerprint density at radius 2 is 1.24 bits per heavy atom. The van der Waals surface area contributed by atoms with Gasteiger partial charge in [0.2, 0.25) is 0 Å². The monoisotopic (exact) mass is 594 g/mol. The second-order valence-corrected chi connectivity index (χ2v) is 10.1. The summed E-state index contributed by atoms with van der Waals surface area (Å²) in [4.78, 5) is 66.1. The smallest absolute Gasteiger partial charge is 0.317 e. The number of aliphatic carboxylic acids is 5. The first-order valence-electron chi connectivity index (χ1n) is 12.9. The molecule has 224 valence electrons. The molecule has 1 unspecified atom stereocenters. The molecule has 1 aliphatic carbocycles. The molecule has 1 fully saturated rings. The van der Waals surface area contributed by atoms with Crippen molar-refractivity contribution in [2.24, 2.45) is 4.99 Å². The number of carbonyl (C=O) groups is 5. The lowest BCUT2D eigenvalue weighted by atomic mass is 9.88. The van der Waals surface area contributed by atoms with Gasteiger partial charge in [-0.05, 0) is 55.6 Å². The van der Waals surface area contributed by atoms with Crippen molar-refractivity contribution in [2.45, 2.75) is 50.2 Å². The van der Waals surface area contributed by atoms with Crippen LogP contribution in [0.3, 0.4) is 0 Å². The largest absolute Gasteiger partial charge is 0.480 e. The summed E-state index contributed by atoms with van der Waals surface area (Å²) in [6.07, 6.45) is 2.15. The van der Waals surface area contributed by atoms with Crippen molar-refractivity contribution < 1.29 is 49.5 Å². The van der Waals surface area contributed by atoms with Crippen LogP contribution in [0.1, 0.15) is 31.2 Å². The minimum absolute atomic E-state index is 0.00193. The van der Waals surface area contributed by atoms with Crippen LogP contribution in [0.15, 0.2) is 29.3 Å². The Balaban J connectivity index is 2.40. The van der Waals surface area contributed by atoms with Gasteiger partial charge in [0.05, 0.1) is 43.6 Å². The number of benzene rings is 1. The lowest BCUT2D eigenvalue weighted by Crippen LogP contribution is -2.54. The van der Waals surface area contributed by atoms with Crippen LogP contribution in [-0.4, -0.2) is 133 Å². The van der Waals surface area contributed by atoms with Gasteiger partial charge in [0, 0.05) is 24.7 Å². The summed E-state index contributed by atoms with van der Waals surface area (Å²) >= 11 is 4.61. The number of thiocarbonyl (C=S) groups is 1. The lowest BCUT2D eigenvalue weighted by Gasteiger charge is -2.42. The minimum atomic E-state index is -1.25. The zero-order valence-corrected chi connectivity index (χ0v) is 23.1. The number of carboxylic acid groups (broad SMARTS) is 5. The van der Waals surface area contributed by atoms with Crippen molar-refractivity contribution >= 4 is 52.9 Å². The number of isothiocyanates is 1. The Bertz CT molecular complexity index is 1110.